The molecule has 304 valence electrons. The van der Waals surface area contributed by atoms with Crippen molar-refractivity contribution < 1.29 is 41.0 Å². The third kappa shape index (κ3) is 8.54. The molecule has 4 heterocycles. The minimum absolute atomic E-state index is 0.0179. The van der Waals surface area contributed by atoms with Crippen LogP contribution in [-0.2, 0) is 22.3 Å². The normalized spacial score (nSPS) is 19.2. The smallest absolute Gasteiger partial charge is 0.417 e. The summed E-state index contributed by atoms with van der Waals surface area (Å²) in [6.45, 7) is 9.57. The summed E-state index contributed by atoms with van der Waals surface area (Å²) in [6.07, 6.45) is -5.95. The van der Waals surface area contributed by atoms with Gasteiger partial charge >= 0.3 is 24.1 Å². The van der Waals surface area contributed by atoms with Gasteiger partial charge in [0.05, 0.1) is 17.1 Å². The lowest BCUT2D eigenvalue weighted by Crippen LogP contribution is -2.55. The van der Waals surface area contributed by atoms with Crippen molar-refractivity contribution in [2.75, 3.05) is 63.0 Å². The van der Waals surface area contributed by atoms with Crippen molar-refractivity contribution in [3.63, 3.8) is 0 Å². The van der Waals surface area contributed by atoms with Gasteiger partial charge in [-0.05, 0) is 51.5 Å². The highest BCUT2D eigenvalue weighted by atomic mass is 32.2. The van der Waals surface area contributed by atoms with Crippen molar-refractivity contribution in [1.29, 1.82) is 0 Å². The van der Waals surface area contributed by atoms with Crippen molar-refractivity contribution in [1.82, 2.24) is 24.3 Å². The Hall–Kier alpha value is -4.90. The zero-order valence-corrected chi connectivity index (χ0v) is 32.8. The molecule has 17 heteroatoms. The fourth-order valence-corrected chi connectivity index (χ4v) is 8.94. The number of amides is 2. The average molecular weight is 815 g/mol. The maximum atomic E-state index is 15.5. The van der Waals surface area contributed by atoms with E-state index in [-0.39, 0.29) is 53.6 Å². The molecule has 7 rings (SSSR count). The minimum Gasteiger partial charge on any atom is -0.445 e. The molecular weight excluding hydrogens is 772 g/mol. The number of nitrogens with zero attached hydrogens (tertiary/aromatic N) is 6. The minimum atomic E-state index is -4.97. The first-order chi connectivity index (χ1) is 27.0. The molecule has 2 atom stereocenters. The van der Waals surface area contributed by atoms with Gasteiger partial charge < -0.3 is 24.2 Å². The Morgan fingerprint density at radius 2 is 1.61 bits per heavy atom. The summed E-state index contributed by atoms with van der Waals surface area (Å²) < 4.78 is 87.3. The van der Waals surface area contributed by atoms with E-state index < -0.39 is 70.1 Å². The number of aromatic nitrogens is 2. The van der Waals surface area contributed by atoms with E-state index in [1.54, 1.807) is 37.5 Å². The molecule has 11 nitrogen and oxygen atoms in total. The highest BCUT2D eigenvalue weighted by Gasteiger charge is 2.41. The molecule has 0 N–H and O–H groups in total. The lowest BCUT2D eigenvalue weighted by atomic mass is 9.95. The van der Waals surface area contributed by atoms with Gasteiger partial charge in [-0.3, -0.25) is 9.47 Å². The number of hydrogen-bond acceptors (Lipinski definition) is 9. The lowest BCUT2D eigenvalue weighted by Gasteiger charge is -2.42. The molecule has 2 saturated heterocycles. The van der Waals surface area contributed by atoms with E-state index >= 15 is 17.6 Å². The number of rotatable bonds is 6. The van der Waals surface area contributed by atoms with Crippen LogP contribution in [0.2, 0.25) is 0 Å². The number of alkyl halides is 3. The third-order valence-electron chi connectivity index (χ3n) is 10.3. The maximum absolute atomic E-state index is 15.5. The van der Waals surface area contributed by atoms with Crippen LogP contribution in [0.4, 0.5) is 37.4 Å². The number of carbonyl (C=O) groups is 2. The molecule has 0 saturated carbocycles. The van der Waals surface area contributed by atoms with Crippen LogP contribution in [0, 0.1) is 11.6 Å². The molecule has 3 aromatic carbocycles. The van der Waals surface area contributed by atoms with Crippen molar-refractivity contribution >= 4 is 40.7 Å². The molecule has 4 aromatic rings. The highest BCUT2D eigenvalue weighted by Crippen LogP contribution is 2.50. The predicted octanol–water partition coefficient (Wildman–Crippen LogP) is 7.41. The predicted molar refractivity (Wildman–Crippen MR) is 205 cm³/mol. The first kappa shape index (κ1) is 40.3. The standard InChI is InChI=1S/C40H43F5N6O5S/c1-24-20-49(38(54)56-39(2,3)4)16-17-50(24)35-29-19-30(40(43,44)45)32(28-11-10-26(41)18-31(28)42)34-33(29)51(36(52)46-35)27(23-57-34)21-47-12-14-48(15-13-47)37(53)55-22-25-8-6-5-7-9-25/h5-11,18-19,24,27H,12-17,20-23H2,1-4H3/t24?,27-/m0/s1. The molecule has 2 fully saturated rings. The molecule has 0 aliphatic carbocycles. The second-order valence-corrected chi connectivity index (χ2v) is 16.5. The zero-order valence-electron chi connectivity index (χ0n) is 31.9. The molecule has 0 spiro atoms. The van der Waals surface area contributed by atoms with Crippen molar-refractivity contribution in [3.8, 4) is 11.1 Å². The van der Waals surface area contributed by atoms with E-state index in [0.717, 1.165) is 35.5 Å². The van der Waals surface area contributed by atoms with Gasteiger partial charge in [0.15, 0.2) is 0 Å². The summed E-state index contributed by atoms with van der Waals surface area (Å²) in [6, 6.07) is 11.6. The maximum Gasteiger partial charge on any atom is 0.417 e. The third-order valence-corrected chi connectivity index (χ3v) is 11.5. The number of carbonyl (C=O) groups excluding carboxylic acids is 2. The molecule has 0 bridgehead atoms. The van der Waals surface area contributed by atoms with Crippen molar-refractivity contribution in [2.45, 2.75) is 63.1 Å². The van der Waals surface area contributed by atoms with E-state index in [2.05, 4.69) is 9.88 Å². The Balaban J connectivity index is 1.24. The number of benzene rings is 3. The number of thioether (sulfide) groups is 1. The zero-order chi connectivity index (χ0) is 40.8. The molecule has 1 aromatic heterocycles. The fourth-order valence-electron chi connectivity index (χ4n) is 7.61. The van der Waals surface area contributed by atoms with Crippen LogP contribution in [0.1, 0.15) is 44.9 Å². The highest BCUT2D eigenvalue weighted by molar-refractivity contribution is 7.99. The number of ether oxygens (including phenoxy) is 2. The van der Waals surface area contributed by atoms with Gasteiger partial charge in [0.1, 0.15) is 29.7 Å². The van der Waals surface area contributed by atoms with Crippen LogP contribution in [0.25, 0.3) is 22.0 Å². The van der Waals surface area contributed by atoms with Crippen LogP contribution < -0.4 is 10.6 Å². The Morgan fingerprint density at radius 3 is 2.26 bits per heavy atom. The van der Waals surface area contributed by atoms with Gasteiger partial charge in [0.25, 0.3) is 0 Å². The molecule has 57 heavy (non-hydrogen) atoms. The molecule has 1 unspecified atom stereocenters. The SMILES string of the molecule is CC1CN(C(=O)OC(C)(C)C)CCN1c1nc(=O)n2c3c(c(-c4ccc(F)cc4F)c(C(F)(F)F)cc13)SC[C@@H]2CN1CCN(C(=O)OCc2ccccc2)CC1. The Morgan fingerprint density at radius 1 is 0.912 bits per heavy atom. The van der Waals surface area contributed by atoms with E-state index in [0.29, 0.717) is 38.8 Å². The molecule has 3 aliphatic heterocycles. The van der Waals surface area contributed by atoms with Gasteiger partial charge in [-0.1, -0.05) is 30.3 Å². The quantitative estimate of drug-likeness (QED) is 0.184. The van der Waals surface area contributed by atoms with E-state index in [9.17, 15) is 18.8 Å². The number of halogens is 5. The second-order valence-electron chi connectivity index (χ2n) is 15.5. The van der Waals surface area contributed by atoms with Gasteiger partial charge in [-0.15, -0.1) is 11.8 Å². The van der Waals surface area contributed by atoms with Crippen LogP contribution in [0.3, 0.4) is 0 Å². The molecule has 0 radical (unpaired) electrons. The number of hydrogen-bond donors (Lipinski definition) is 0. The first-order valence-electron chi connectivity index (χ1n) is 18.7. The van der Waals surface area contributed by atoms with E-state index in [1.807, 2.05) is 30.3 Å². The Kier molecular flexibility index (Phi) is 11.2. The fraction of sp³-hybridized carbons (Fsp3) is 0.450. The Bertz CT molecular complexity index is 2230. The summed E-state index contributed by atoms with van der Waals surface area (Å²) in [5.74, 6) is -1.94. The second kappa shape index (κ2) is 15.8. The van der Waals surface area contributed by atoms with Crippen molar-refractivity contribution in [2.24, 2.45) is 0 Å². The summed E-state index contributed by atoms with van der Waals surface area (Å²) in [5.41, 5.74) is -2.48. The van der Waals surface area contributed by atoms with Crippen LogP contribution >= 0.6 is 11.8 Å². The van der Waals surface area contributed by atoms with Crippen LogP contribution in [0.15, 0.2) is 64.3 Å². The Labute approximate surface area is 330 Å². The summed E-state index contributed by atoms with van der Waals surface area (Å²) in [4.78, 5) is 51.4. The van der Waals surface area contributed by atoms with Crippen molar-refractivity contribution in [3.05, 3.63) is 87.8 Å². The molecule has 2 amide bonds. The van der Waals surface area contributed by atoms with E-state index in [4.69, 9.17) is 9.47 Å². The van der Waals surface area contributed by atoms with Crippen LogP contribution in [-0.4, -0.2) is 106 Å². The summed E-state index contributed by atoms with van der Waals surface area (Å²) in [5, 5.41) is 0.0453. The van der Waals surface area contributed by atoms with Gasteiger partial charge in [0, 0.05) is 91.6 Å². The average Bonchev–Trinajstić information content (AvgIpc) is 3.15. The summed E-state index contributed by atoms with van der Waals surface area (Å²) in [7, 11) is 0. The van der Waals surface area contributed by atoms with Gasteiger partial charge in [-0.25, -0.2) is 23.2 Å². The number of anilines is 1. The van der Waals surface area contributed by atoms with Gasteiger partial charge in [-0.2, -0.15) is 18.2 Å². The molecular formula is C40H43F5N6O5S. The van der Waals surface area contributed by atoms with E-state index in [1.165, 1.54) is 9.47 Å². The molecule has 3 aliphatic rings. The number of piperazine rings is 2. The van der Waals surface area contributed by atoms with Crippen LogP contribution in [0.5, 0.6) is 0 Å². The lowest BCUT2D eigenvalue weighted by molar-refractivity contribution is -0.137. The monoisotopic (exact) mass is 814 g/mol. The topological polar surface area (TPSA) is 100 Å². The van der Waals surface area contributed by atoms with Gasteiger partial charge in [0.2, 0.25) is 0 Å². The summed E-state index contributed by atoms with van der Waals surface area (Å²) >= 11 is 1.08. The largest absolute Gasteiger partial charge is 0.445 e. The first-order valence-corrected chi connectivity index (χ1v) is 19.7.